The van der Waals surface area contributed by atoms with Gasteiger partial charge in [0.2, 0.25) is 0 Å². The van der Waals surface area contributed by atoms with Crippen molar-refractivity contribution in [3.8, 4) is 0 Å². The van der Waals surface area contributed by atoms with E-state index in [9.17, 15) is 4.79 Å². The van der Waals surface area contributed by atoms with E-state index >= 15 is 0 Å². The zero-order valence-corrected chi connectivity index (χ0v) is 19.5. The normalized spacial score (nSPS) is 15.0. The molecule has 4 aromatic rings. The quantitative estimate of drug-likeness (QED) is 0.410. The third-order valence-corrected chi connectivity index (χ3v) is 7.09. The molecular formula is C22H23ClN6O2S. The topological polar surface area (TPSA) is 75.9 Å². The Hall–Kier alpha value is -2.75. The maximum Gasteiger partial charge on any atom is 0.348 e. The van der Waals surface area contributed by atoms with E-state index in [1.807, 2.05) is 42.8 Å². The van der Waals surface area contributed by atoms with Crippen molar-refractivity contribution < 1.29 is 9.53 Å². The zero-order chi connectivity index (χ0) is 22.2. The minimum absolute atomic E-state index is 0.294. The molecular weight excluding hydrogens is 448 g/mol. The van der Waals surface area contributed by atoms with Gasteiger partial charge in [0, 0.05) is 45.1 Å². The number of pyridine rings is 1. The third kappa shape index (κ3) is 3.92. The number of piperazine rings is 1. The highest BCUT2D eigenvalue weighted by atomic mass is 35.5. The molecule has 1 fully saturated rings. The fraction of sp³-hybridized carbons (Fsp3) is 0.364. The molecule has 0 atom stereocenters. The molecule has 0 bridgehead atoms. The van der Waals surface area contributed by atoms with Gasteiger partial charge in [-0.15, -0.1) is 11.3 Å². The van der Waals surface area contributed by atoms with Crippen LogP contribution in [0.4, 0.5) is 5.82 Å². The minimum atomic E-state index is -0.294. The summed E-state index contributed by atoms with van der Waals surface area (Å²) in [6.45, 7) is 8.38. The van der Waals surface area contributed by atoms with Crippen molar-refractivity contribution in [1.29, 1.82) is 0 Å². The molecule has 5 heterocycles. The van der Waals surface area contributed by atoms with Crippen LogP contribution >= 0.6 is 22.9 Å². The van der Waals surface area contributed by atoms with E-state index in [1.54, 1.807) is 6.33 Å². The summed E-state index contributed by atoms with van der Waals surface area (Å²) >= 11 is 7.45. The molecule has 32 heavy (non-hydrogen) atoms. The molecule has 0 saturated carbocycles. The van der Waals surface area contributed by atoms with Crippen LogP contribution in [0.1, 0.15) is 27.9 Å². The maximum absolute atomic E-state index is 12.3. The average Bonchev–Trinajstić information content (AvgIpc) is 3.34. The van der Waals surface area contributed by atoms with Crippen LogP contribution in [-0.2, 0) is 11.3 Å². The highest BCUT2D eigenvalue weighted by Crippen LogP contribution is 2.35. The lowest BCUT2D eigenvalue weighted by Gasteiger charge is -2.35. The average molecular weight is 471 g/mol. The van der Waals surface area contributed by atoms with Crippen molar-refractivity contribution in [2.45, 2.75) is 20.4 Å². The molecule has 0 N–H and O–H groups in total. The standard InChI is InChI=1S/C22H23ClN6O2S/c1-3-31-22(30)19-14(2)18-20(24-13-25-21(18)32-19)28-8-6-27(7-9-28)11-16-12-29-10-15(23)4-5-17(29)26-16/h4-5,10,12-13H,3,6-9,11H2,1-2H3. The number of carbonyl (C=O) groups is 1. The number of thiophene rings is 1. The highest BCUT2D eigenvalue weighted by Gasteiger charge is 2.25. The number of hydrogen-bond donors (Lipinski definition) is 0. The molecule has 0 aromatic carbocycles. The fourth-order valence-corrected chi connectivity index (χ4v) is 5.33. The molecule has 0 amide bonds. The van der Waals surface area contributed by atoms with Crippen LogP contribution < -0.4 is 4.90 Å². The molecule has 0 radical (unpaired) electrons. The predicted molar refractivity (Wildman–Crippen MR) is 126 cm³/mol. The van der Waals surface area contributed by atoms with Crippen molar-refractivity contribution in [2.75, 3.05) is 37.7 Å². The molecule has 1 saturated heterocycles. The van der Waals surface area contributed by atoms with Crippen LogP contribution in [0, 0.1) is 6.92 Å². The van der Waals surface area contributed by atoms with E-state index in [-0.39, 0.29) is 5.97 Å². The lowest BCUT2D eigenvalue weighted by Crippen LogP contribution is -2.46. The van der Waals surface area contributed by atoms with Crippen molar-refractivity contribution >= 4 is 50.6 Å². The Kier molecular flexibility index (Phi) is 5.71. The Labute approximate surface area is 194 Å². The van der Waals surface area contributed by atoms with Crippen molar-refractivity contribution in [2.24, 2.45) is 0 Å². The van der Waals surface area contributed by atoms with Gasteiger partial charge in [0.05, 0.1) is 22.7 Å². The van der Waals surface area contributed by atoms with Gasteiger partial charge in [0.15, 0.2) is 0 Å². The Morgan fingerprint density at radius 3 is 2.78 bits per heavy atom. The summed E-state index contributed by atoms with van der Waals surface area (Å²) < 4.78 is 7.18. The van der Waals surface area contributed by atoms with E-state index in [1.165, 1.54) is 11.3 Å². The van der Waals surface area contributed by atoms with Crippen LogP contribution in [0.2, 0.25) is 5.02 Å². The molecule has 1 aliphatic rings. The van der Waals surface area contributed by atoms with Gasteiger partial charge < -0.3 is 14.0 Å². The number of rotatable bonds is 5. The van der Waals surface area contributed by atoms with Gasteiger partial charge in [-0.1, -0.05) is 11.6 Å². The van der Waals surface area contributed by atoms with E-state index in [0.29, 0.717) is 16.5 Å². The molecule has 10 heteroatoms. The second-order valence-electron chi connectivity index (χ2n) is 7.76. The molecule has 5 rings (SSSR count). The summed E-state index contributed by atoms with van der Waals surface area (Å²) in [5.41, 5.74) is 2.82. The Morgan fingerprint density at radius 2 is 2.00 bits per heavy atom. The summed E-state index contributed by atoms with van der Waals surface area (Å²) in [5.74, 6) is 0.596. The molecule has 1 aliphatic heterocycles. The van der Waals surface area contributed by atoms with Gasteiger partial charge in [0.1, 0.15) is 27.5 Å². The zero-order valence-electron chi connectivity index (χ0n) is 17.9. The summed E-state index contributed by atoms with van der Waals surface area (Å²) in [7, 11) is 0. The molecule has 166 valence electrons. The molecule has 4 aromatic heterocycles. The van der Waals surface area contributed by atoms with Gasteiger partial charge in [-0.2, -0.15) is 0 Å². The van der Waals surface area contributed by atoms with Crippen LogP contribution in [0.3, 0.4) is 0 Å². The number of aromatic nitrogens is 4. The summed E-state index contributed by atoms with van der Waals surface area (Å²) in [5, 5.41) is 1.65. The first kappa shape index (κ1) is 21.1. The molecule has 0 spiro atoms. The number of aryl methyl sites for hydroxylation is 1. The van der Waals surface area contributed by atoms with Crippen molar-refractivity contribution in [3.63, 3.8) is 0 Å². The predicted octanol–water partition coefficient (Wildman–Crippen LogP) is 3.80. The Morgan fingerprint density at radius 1 is 1.19 bits per heavy atom. The number of nitrogens with zero attached hydrogens (tertiary/aromatic N) is 6. The van der Waals surface area contributed by atoms with Gasteiger partial charge in [-0.05, 0) is 31.5 Å². The van der Waals surface area contributed by atoms with Crippen LogP contribution in [0.25, 0.3) is 15.9 Å². The summed E-state index contributed by atoms with van der Waals surface area (Å²) in [6.07, 6.45) is 5.49. The SMILES string of the molecule is CCOC(=O)c1sc2ncnc(N3CCN(Cc4cn5cc(Cl)ccc5n4)CC3)c2c1C. The number of hydrogen-bond acceptors (Lipinski definition) is 8. The second-order valence-corrected chi connectivity index (χ2v) is 9.20. The van der Waals surface area contributed by atoms with E-state index < -0.39 is 0 Å². The summed E-state index contributed by atoms with van der Waals surface area (Å²) in [6, 6.07) is 3.78. The molecule has 0 unspecified atom stereocenters. The first-order chi connectivity index (χ1) is 15.5. The number of anilines is 1. The van der Waals surface area contributed by atoms with Gasteiger partial charge in [0.25, 0.3) is 0 Å². The van der Waals surface area contributed by atoms with Gasteiger partial charge >= 0.3 is 5.97 Å². The number of esters is 1. The lowest BCUT2D eigenvalue weighted by molar-refractivity contribution is 0.0531. The van der Waals surface area contributed by atoms with Gasteiger partial charge in [-0.25, -0.2) is 19.7 Å². The van der Waals surface area contributed by atoms with Crippen molar-refractivity contribution in [3.05, 3.63) is 52.0 Å². The number of halogens is 1. The number of imidazole rings is 1. The van der Waals surface area contributed by atoms with Crippen LogP contribution in [0.5, 0.6) is 0 Å². The maximum atomic E-state index is 12.3. The Balaban J connectivity index is 1.32. The number of carbonyl (C=O) groups excluding carboxylic acids is 1. The fourth-order valence-electron chi connectivity index (χ4n) is 4.12. The number of ether oxygens (including phenoxy) is 1. The smallest absolute Gasteiger partial charge is 0.348 e. The lowest BCUT2D eigenvalue weighted by atomic mass is 10.2. The minimum Gasteiger partial charge on any atom is -0.462 e. The van der Waals surface area contributed by atoms with Crippen molar-refractivity contribution in [1.82, 2.24) is 24.3 Å². The first-order valence-electron chi connectivity index (χ1n) is 10.5. The third-order valence-electron chi connectivity index (χ3n) is 5.69. The monoisotopic (exact) mass is 470 g/mol. The van der Waals surface area contributed by atoms with Crippen LogP contribution in [0.15, 0.2) is 30.9 Å². The van der Waals surface area contributed by atoms with Crippen LogP contribution in [-0.4, -0.2) is 63.0 Å². The first-order valence-corrected chi connectivity index (χ1v) is 11.7. The molecule has 8 nitrogen and oxygen atoms in total. The largest absolute Gasteiger partial charge is 0.462 e. The van der Waals surface area contributed by atoms with E-state index in [4.69, 9.17) is 21.3 Å². The van der Waals surface area contributed by atoms with Gasteiger partial charge in [-0.3, -0.25) is 4.90 Å². The van der Waals surface area contributed by atoms with E-state index in [0.717, 1.165) is 65.7 Å². The Bertz CT molecular complexity index is 1290. The molecule has 0 aliphatic carbocycles. The second kappa shape index (κ2) is 8.65. The highest BCUT2D eigenvalue weighted by molar-refractivity contribution is 7.20. The summed E-state index contributed by atoms with van der Waals surface area (Å²) in [4.78, 5) is 32.1. The van der Waals surface area contributed by atoms with E-state index in [2.05, 4.69) is 19.8 Å². The number of fused-ring (bicyclic) bond motifs is 2.